The molecule has 0 radical (unpaired) electrons. The third-order valence-corrected chi connectivity index (χ3v) is 5.75. The van der Waals surface area contributed by atoms with Gasteiger partial charge in [-0.1, -0.05) is 0 Å². The van der Waals surface area contributed by atoms with Crippen molar-refractivity contribution in [1.82, 2.24) is 9.88 Å². The molecule has 2 aromatic rings. The Morgan fingerprint density at radius 1 is 1.35 bits per heavy atom. The van der Waals surface area contributed by atoms with Crippen molar-refractivity contribution in [2.24, 2.45) is 0 Å². The van der Waals surface area contributed by atoms with E-state index in [1.54, 1.807) is 13.1 Å². The molecule has 1 saturated heterocycles. The van der Waals surface area contributed by atoms with Gasteiger partial charge in [-0.2, -0.15) is 13.2 Å². The van der Waals surface area contributed by atoms with E-state index in [2.05, 4.69) is 22.1 Å². The molecule has 0 spiro atoms. The highest BCUT2D eigenvalue weighted by molar-refractivity contribution is 7.16. The number of methoxy groups -OCH3 is 1. The molecular formula is C18H22F3N3OS. The third kappa shape index (κ3) is 3.96. The number of alkyl halides is 3. The standard InChI is InChI=1S/C18H22F3N3OS/c1-11-5-4-6-24(11)10-15-16(23-17(22-2)26-15)12-7-13(18(19,20)21)9-14(8-12)25-3/h7-9,11H,4-6,10H2,1-3H3,(H,22,23)/t11-/m1/s1. The molecule has 0 amide bonds. The third-order valence-electron chi connectivity index (χ3n) is 4.69. The van der Waals surface area contributed by atoms with Gasteiger partial charge in [-0.15, -0.1) is 11.3 Å². The Hall–Kier alpha value is -1.80. The summed E-state index contributed by atoms with van der Waals surface area (Å²) in [7, 11) is 3.13. The molecule has 0 unspecified atom stereocenters. The number of aromatic nitrogens is 1. The molecule has 1 aliphatic rings. The highest BCUT2D eigenvalue weighted by atomic mass is 32.1. The van der Waals surface area contributed by atoms with E-state index in [9.17, 15) is 13.2 Å². The van der Waals surface area contributed by atoms with E-state index in [-0.39, 0.29) is 5.75 Å². The van der Waals surface area contributed by atoms with Crippen molar-refractivity contribution in [3.63, 3.8) is 0 Å². The van der Waals surface area contributed by atoms with E-state index in [1.165, 1.54) is 18.4 Å². The van der Waals surface area contributed by atoms with Crippen LogP contribution in [0.3, 0.4) is 0 Å². The molecule has 0 aliphatic carbocycles. The van der Waals surface area contributed by atoms with Crippen LogP contribution in [0, 0.1) is 0 Å². The largest absolute Gasteiger partial charge is 0.497 e. The van der Waals surface area contributed by atoms with Crippen LogP contribution in [0.25, 0.3) is 11.3 Å². The van der Waals surface area contributed by atoms with Gasteiger partial charge in [-0.3, -0.25) is 4.90 Å². The van der Waals surface area contributed by atoms with Crippen molar-refractivity contribution >= 4 is 16.5 Å². The Balaban J connectivity index is 2.04. The zero-order valence-electron chi connectivity index (χ0n) is 15.0. The van der Waals surface area contributed by atoms with Gasteiger partial charge in [-0.05, 0) is 44.5 Å². The summed E-state index contributed by atoms with van der Waals surface area (Å²) in [6, 6.07) is 4.24. The first kappa shape index (κ1) is 19.0. The Kier molecular flexibility index (Phi) is 5.43. The second kappa shape index (κ2) is 7.44. The maximum absolute atomic E-state index is 13.3. The van der Waals surface area contributed by atoms with Crippen LogP contribution < -0.4 is 10.1 Å². The van der Waals surface area contributed by atoms with E-state index in [0.29, 0.717) is 29.0 Å². The first-order valence-electron chi connectivity index (χ1n) is 8.50. The van der Waals surface area contributed by atoms with Gasteiger partial charge in [0, 0.05) is 30.1 Å². The summed E-state index contributed by atoms with van der Waals surface area (Å²) in [6.45, 7) is 3.87. The number of nitrogens with zero attached hydrogens (tertiary/aromatic N) is 2. The van der Waals surface area contributed by atoms with Crippen molar-refractivity contribution < 1.29 is 17.9 Å². The van der Waals surface area contributed by atoms with Crippen LogP contribution in [0.5, 0.6) is 5.75 Å². The lowest BCUT2D eigenvalue weighted by molar-refractivity contribution is -0.137. The van der Waals surface area contributed by atoms with Crippen LogP contribution in [0.15, 0.2) is 18.2 Å². The molecule has 1 N–H and O–H groups in total. The SMILES string of the molecule is CNc1nc(-c2cc(OC)cc(C(F)(F)F)c2)c(CN2CCC[C@H]2C)s1. The van der Waals surface area contributed by atoms with Crippen molar-refractivity contribution in [1.29, 1.82) is 0 Å². The molecular weight excluding hydrogens is 363 g/mol. The van der Waals surface area contributed by atoms with Gasteiger partial charge in [0.15, 0.2) is 5.13 Å². The minimum absolute atomic E-state index is 0.175. The van der Waals surface area contributed by atoms with Crippen LogP contribution in [-0.2, 0) is 12.7 Å². The summed E-state index contributed by atoms with van der Waals surface area (Å²) in [4.78, 5) is 7.83. The second-order valence-electron chi connectivity index (χ2n) is 6.45. The first-order valence-corrected chi connectivity index (χ1v) is 9.31. The van der Waals surface area contributed by atoms with Gasteiger partial charge in [-0.25, -0.2) is 4.98 Å². The molecule has 0 bridgehead atoms. The molecule has 1 aliphatic heterocycles. The number of ether oxygens (including phenoxy) is 1. The lowest BCUT2D eigenvalue weighted by Gasteiger charge is -2.20. The molecule has 142 valence electrons. The number of nitrogens with one attached hydrogen (secondary N) is 1. The summed E-state index contributed by atoms with van der Waals surface area (Å²) in [5.74, 6) is 0.175. The number of hydrogen-bond acceptors (Lipinski definition) is 5. The number of thiazole rings is 1. The molecule has 2 heterocycles. The Bertz CT molecular complexity index is 776. The monoisotopic (exact) mass is 385 g/mol. The van der Waals surface area contributed by atoms with Gasteiger partial charge < -0.3 is 10.1 Å². The smallest absolute Gasteiger partial charge is 0.416 e. The number of anilines is 1. The normalized spacial score (nSPS) is 18.3. The molecule has 26 heavy (non-hydrogen) atoms. The van der Waals surface area contributed by atoms with E-state index in [0.717, 1.165) is 36.4 Å². The van der Waals surface area contributed by atoms with Crippen LogP contribution in [-0.4, -0.2) is 36.6 Å². The predicted octanol–water partition coefficient (Wildman–Crippen LogP) is 4.86. The van der Waals surface area contributed by atoms with Gasteiger partial charge in [0.1, 0.15) is 5.75 Å². The average molecular weight is 385 g/mol. The van der Waals surface area contributed by atoms with E-state index < -0.39 is 11.7 Å². The van der Waals surface area contributed by atoms with Gasteiger partial charge in [0.2, 0.25) is 0 Å². The van der Waals surface area contributed by atoms with Crippen LogP contribution in [0.2, 0.25) is 0 Å². The van der Waals surface area contributed by atoms with Crippen molar-refractivity contribution in [3.8, 4) is 17.0 Å². The fraction of sp³-hybridized carbons (Fsp3) is 0.500. The Labute approximate surface area is 155 Å². The average Bonchev–Trinajstić information content (AvgIpc) is 3.20. The van der Waals surface area contributed by atoms with Gasteiger partial charge in [0.25, 0.3) is 0 Å². The van der Waals surface area contributed by atoms with Crippen molar-refractivity contribution in [3.05, 3.63) is 28.6 Å². The maximum atomic E-state index is 13.3. The zero-order valence-corrected chi connectivity index (χ0v) is 15.8. The highest BCUT2D eigenvalue weighted by Gasteiger charge is 2.32. The summed E-state index contributed by atoms with van der Waals surface area (Å²) < 4.78 is 44.9. The van der Waals surface area contributed by atoms with Gasteiger partial charge >= 0.3 is 6.18 Å². The van der Waals surface area contributed by atoms with E-state index in [4.69, 9.17) is 4.74 Å². The van der Waals surface area contributed by atoms with Crippen molar-refractivity contribution in [2.45, 2.75) is 38.5 Å². The number of benzene rings is 1. The molecule has 1 fully saturated rings. The Morgan fingerprint density at radius 2 is 2.12 bits per heavy atom. The predicted molar refractivity (Wildman–Crippen MR) is 97.8 cm³/mol. The lowest BCUT2D eigenvalue weighted by Crippen LogP contribution is -2.25. The molecule has 3 rings (SSSR count). The number of halogens is 3. The topological polar surface area (TPSA) is 37.4 Å². The maximum Gasteiger partial charge on any atom is 0.416 e. The van der Waals surface area contributed by atoms with E-state index in [1.807, 2.05) is 0 Å². The van der Waals surface area contributed by atoms with Crippen molar-refractivity contribution in [2.75, 3.05) is 26.0 Å². The molecule has 1 aromatic heterocycles. The van der Waals surface area contributed by atoms with Crippen LogP contribution in [0.4, 0.5) is 18.3 Å². The highest BCUT2D eigenvalue weighted by Crippen LogP contribution is 2.39. The zero-order chi connectivity index (χ0) is 18.9. The van der Waals surface area contributed by atoms with Crippen LogP contribution in [0.1, 0.15) is 30.2 Å². The summed E-state index contributed by atoms with van der Waals surface area (Å²) >= 11 is 1.48. The number of hydrogen-bond donors (Lipinski definition) is 1. The second-order valence-corrected chi connectivity index (χ2v) is 7.53. The quantitative estimate of drug-likeness (QED) is 0.797. The first-order chi connectivity index (χ1) is 12.3. The van der Waals surface area contributed by atoms with E-state index >= 15 is 0 Å². The Morgan fingerprint density at radius 3 is 2.69 bits per heavy atom. The molecule has 0 saturated carbocycles. The fourth-order valence-electron chi connectivity index (χ4n) is 3.22. The summed E-state index contributed by atoms with van der Waals surface area (Å²) in [5, 5.41) is 3.70. The molecule has 1 aromatic carbocycles. The van der Waals surface area contributed by atoms with Crippen LogP contribution >= 0.6 is 11.3 Å². The lowest BCUT2D eigenvalue weighted by atomic mass is 10.1. The summed E-state index contributed by atoms with van der Waals surface area (Å²) in [5.41, 5.74) is 0.283. The molecule has 8 heteroatoms. The molecule has 1 atom stereocenters. The van der Waals surface area contributed by atoms with Gasteiger partial charge in [0.05, 0.1) is 18.4 Å². The summed E-state index contributed by atoms with van der Waals surface area (Å²) in [6.07, 6.45) is -2.15. The molecule has 4 nitrogen and oxygen atoms in total. The number of rotatable bonds is 5. The number of likely N-dealkylation sites (tertiary alicyclic amines) is 1. The minimum atomic E-state index is -4.44. The fourth-order valence-corrected chi connectivity index (χ4v) is 4.18. The minimum Gasteiger partial charge on any atom is -0.497 e.